The molecule has 0 bridgehead atoms. The smallest absolute Gasteiger partial charge is 0.151 e. The Balaban J connectivity index is 1.76. The highest BCUT2D eigenvalue weighted by Gasteiger charge is 2.20. The van der Waals surface area contributed by atoms with Crippen LogP contribution in [0.3, 0.4) is 0 Å². The molecule has 2 heterocycles. The van der Waals surface area contributed by atoms with Gasteiger partial charge in [0, 0.05) is 23.8 Å². The summed E-state index contributed by atoms with van der Waals surface area (Å²) in [6.07, 6.45) is 6.19. The van der Waals surface area contributed by atoms with E-state index in [1.165, 1.54) is 43.4 Å². The third kappa shape index (κ3) is 1.74. The van der Waals surface area contributed by atoms with E-state index in [0.717, 1.165) is 18.9 Å². The van der Waals surface area contributed by atoms with Gasteiger partial charge in [-0.2, -0.15) is 5.10 Å². The molecule has 4 nitrogen and oxygen atoms in total. The topological polar surface area (TPSA) is 52.7 Å². The second kappa shape index (κ2) is 3.85. The Hall–Kier alpha value is -1.03. The van der Waals surface area contributed by atoms with Crippen LogP contribution in [0.15, 0.2) is 0 Å². The standard InChI is InChI=1S/C11H18N4/c1-2-4-10-9(3-1)11(15-14-10)13-8-5-6-12-7-8/h8,12H,1-7H2,(H2,13,14,15). The van der Waals surface area contributed by atoms with Crippen molar-refractivity contribution in [1.29, 1.82) is 0 Å². The first kappa shape index (κ1) is 9.21. The fourth-order valence-corrected chi connectivity index (χ4v) is 2.57. The fraction of sp³-hybridized carbons (Fsp3) is 0.727. The molecule has 1 atom stereocenters. The van der Waals surface area contributed by atoms with Gasteiger partial charge < -0.3 is 10.6 Å². The van der Waals surface area contributed by atoms with Crippen molar-refractivity contribution in [3.8, 4) is 0 Å². The van der Waals surface area contributed by atoms with Gasteiger partial charge in [-0.25, -0.2) is 0 Å². The Bertz CT molecular complexity index is 338. The van der Waals surface area contributed by atoms with Gasteiger partial charge in [0.2, 0.25) is 0 Å². The van der Waals surface area contributed by atoms with Crippen LogP contribution in [0, 0.1) is 0 Å². The molecule has 1 saturated heterocycles. The van der Waals surface area contributed by atoms with Gasteiger partial charge in [0.1, 0.15) is 0 Å². The van der Waals surface area contributed by atoms with Gasteiger partial charge in [-0.3, -0.25) is 5.10 Å². The zero-order valence-electron chi connectivity index (χ0n) is 8.97. The normalized spacial score (nSPS) is 25.2. The highest BCUT2D eigenvalue weighted by molar-refractivity contribution is 5.48. The maximum absolute atomic E-state index is 4.40. The third-order valence-corrected chi connectivity index (χ3v) is 3.46. The number of nitrogens with one attached hydrogen (secondary N) is 3. The Morgan fingerprint density at radius 1 is 1.27 bits per heavy atom. The highest BCUT2D eigenvalue weighted by atomic mass is 15.2. The number of H-pyrrole nitrogens is 1. The van der Waals surface area contributed by atoms with Gasteiger partial charge in [0.25, 0.3) is 0 Å². The molecule has 4 heteroatoms. The molecule has 0 saturated carbocycles. The zero-order chi connectivity index (χ0) is 10.1. The second-order valence-corrected chi connectivity index (χ2v) is 4.57. The van der Waals surface area contributed by atoms with Gasteiger partial charge >= 0.3 is 0 Å². The Labute approximate surface area is 89.8 Å². The van der Waals surface area contributed by atoms with Crippen molar-refractivity contribution in [2.24, 2.45) is 0 Å². The van der Waals surface area contributed by atoms with Crippen molar-refractivity contribution < 1.29 is 0 Å². The number of anilines is 1. The lowest BCUT2D eigenvalue weighted by molar-refractivity contribution is 0.674. The molecule has 1 aromatic rings. The molecule has 1 aliphatic carbocycles. The molecule has 3 N–H and O–H groups in total. The van der Waals surface area contributed by atoms with Gasteiger partial charge in [0.05, 0.1) is 0 Å². The lowest BCUT2D eigenvalue weighted by Gasteiger charge is -2.14. The van der Waals surface area contributed by atoms with E-state index < -0.39 is 0 Å². The van der Waals surface area contributed by atoms with Crippen molar-refractivity contribution in [3.05, 3.63) is 11.3 Å². The van der Waals surface area contributed by atoms with Crippen molar-refractivity contribution in [1.82, 2.24) is 15.5 Å². The van der Waals surface area contributed by atoms with Gasteiger partial charge in [-0.05, 0) is 38.6 Å². The molecule has 0 radical (unpaired) electrons. The molecule has 1 aromatic heterocycles. The maximum atomic E-state index is 4.40. The van der Waals surface area contributed by atoms with Crippen LogP contribution in [-0.4, -0.2) is 29.3 Å². The van der Waals surface area contributed by atoms with Crippen LogP contribution in [-0.2, 0) is 12.8 Å². The van der Waals surface area contributed by atoms with Crippen LogP contribution in [0.5, 0.6) is 0 Å². The molecule has 1 fully saturated rings. The van der Waals surface area contributed by atoms with E-state index in [9.17, 15) is 0 Å². The zero-order valence-corrected chi connectivity index (χ0v) is 8.97. The quantitative estimate of drug-likeness (QED) is 0.678. The lowest BCUT2D eigenvalue weighted by Crippen LogP contribution is -2.23. The summed E-state index contributed by atoms with van der Waals surface area (Å²) < 4.78 is 0. The van der Waals surface area contributed by atoms with Crippen molar-refractivity contribution in [2.75, 3.05) is 18.4 Å². The first-order chi connectivity index (χ1) is 7.43. The molecular formula is C11H18N4. The monoisotopic (exact) mass is 206 g/mol. The fourth-order valence-electron chi connectivity index (χ4n) is 2.57. The van der Waals surface area contributed by atoms with Gasteiger partial charge in [0.15, 0.2) is 5.82 Å². The summed E-state index contributed by atoms with van der Waals surface area (Å²) in [6.45, 7) is 2.20. The van der Waals surface area contributed by atoms with E-state index in [4.69, 9.17) is 0 Å². The molecule has 0 amide bonds. The number of aromatic amines is 1. The number of hydrogen-bond acceptors (Lipinski definition) is 3. The van der Waals surface area contributed by atoms with E-state index in [2.05, 4.69) is 20.8 Å². The minimum atomic E-state index is 0.569. The molecular weight excluding hydrogens is 188 g/mol. The number of nitrogens with zero attached hydrogens (tertiary/aromatic N) is 1. The summed E-state index contributed by atoms with van der Waals surface area (Å²) in [5, 5.41) is 14.5. The maximum Gasteiger partial charge on any atom is 0.151 e. The summed E-state index contributed by atoms with van der Waals surface area (Å²) in [5.41, 5.74) is 2.79. The Morgan fingerprint density at radius 3 is 3.07 bits per heavy atom. The van der Waals surface area contributed by atoms with Crippen molar-refractivity contribution in [2.45, 2.75) is 38.1 Å². The summed E-state index contributed by atoms with van der Waals surface area (Å²) in [5.74, 6) is 1.11. The van der Waals surface area contributed by atoms with Crippen LogP contribution in [0.2, 0.25) is 0 Å². The minimum Gasteiger partial charge on any atom is -0.364 e. The second-order valence-electron chi connectivity index (χ2n) is 4.57. The van der Waals surface area contributed by atoms with E-state index in [-0.39, 0.29) is 0 Å². The SMILES string of the molecule is C1CCc2c(NC3CCNC3)n[nH]c2C1. The molecule has 1 aliphatic heterocycles. The van der Waals surface area contributed by atoms with Gasteiger partial charge in [-0.15, -0.1) is 0 Å². The van der Waals surface area contributed by atoms with Crippen molar-refractivity contribution in [3.63, 3.8) is 0 Å². The predicted molar refractivity (Wildman–Crippen MR) is 60.1 cm³/mol. The average Bonchev–Trinajstić information content (AvgIpc) is 2.89. The summed E-state index contributed by atoms with van der Waals surface area (Å²) in [6, 6.07) is 0.569. The molecule has 0 aromatic carbocycles. The Kier molecular flexibility index (Phi) is 2.37. The van der Waals surface area contributed by atoms with Crippen LogP contribution in [0.4, 0.5) is 5.82 Å². The highest BCUT2D eigenvalue weighted by Crippen LogP contribution is 2.26. The average molecular weight is 206 g/mol. The molecule has 1 unspecified atom stereocenters. The third-order valence-electron chi connectivity index (χ3n) is 3.46. The largest absolute Gasteiger partial charge is 0.364 e. The van der Waals surface area contributed by atoms with Crippen LogP contribution in [0.25, 0.3) is 0 Å². The first-order valence-corrected chi connectivity index (χ1v) is 5.97. The first-order valence-electron chi connectivity index (χ1n) is 5.97. The molecule has 2 aliphatic rings. The van der Waals surface area contributed by atoms with E-state index >= 15 is 0 Å². The minimum absolute atomic E-state index is 0.569. The van der Waals surface area contributed by atoms with Gasteiger partial charge in [-0.1, -0.05) is 0 Å². The van der Waals surface area contributed by atoms with E-state index in [1.807, 2.05) is 0 Å². The molecule has 82 valence electrons. The predicted octanol–water partition coefficient (Wildman–Crippen LogP) is 1.06. The summed E-state index contributed by atoms with van der Waals surface area (Å²) in [7, 11) is 0. The molecule has 3 rings (SSSR count). The van der Waals surface area contributed by atoms with Crippen LogP contribution >= 0.6 is 0 Å². The van der Waals surface area contributed by atoms with E-state index in [0.29, 0.717) is 6.04 Å². The Morgan fingerprint density at radius 2 is 2.20 bits per heavy atom. The number of hydrogen-bond donors (Lipinski definition) is 3. The molecule has 0 spiro atoms. The summed E-state index contributed by atoms with van der Waals surface area (Å²) in [4.78, 5) is 0. The number of aromatic nitrogens is 2. The van der Waals surface area contributed by atoms with Crippen LogP contribution < -0.4 is 10.6 Å². The lowest BCUT2D eigenvalue weighted by atomic mass is 9.97. The number of rotatable bonds is 2. The van der Waals surface area contributed by atoms with E-state index in [1.54, 1.807) is 0 Å². The number of aryl methyl sites for hydroxylation is 1. The van der Waals surface area contributed by atoms with Crippen molar-refractivity contribution >= 4 is 5.82 Å². The number of fused-ring (bicyclic) bond motifs is 1. The van der Waals surface area contributed by atoms with Crippen LogP contribution in [0.1, 0.15) is 30.5 Å². The summed E-state index contributed by atoms with van der Waals surface area (Å²) >= 11 is 0. The molecule has 15 heavy (non-hydrogen) atoms.